The highest BCUT2D eigenvalue weighted by atomic mass is 32.2. The van der Waals surface area contributed by atoms with E-state index in [-0.39, 0.29) is 31.9 Å². The fourth-order valence-electron chi connectivity index (χ4n) is 2.39. The van der Waals surface area contributed by atoms with Crippen LogP contribution in [-0.4, -0.2) is 67.0 Å². The Bertz CT molecular complexity index is 699. The van der Waals surface area contributed by atoms with Crippen LogP contribution in [0.25, 0.3) is 0 Å². The number of nitrogens with zero attached hydrogens (tertiary/aromatic N) is 3. The Kier molecular flexibility index (Phi) is 5.05. The molecule has 0 spiro atoms. The van der Waals surface area contributed by atoms with Gasteiger partial charge in [0.2, 0.25) is 15.9 Å². The van der Waals surface area contributed by atoms with Crippen LogP contribution in [0.1, 0.15) is 23.2 Å². The molecular formula is C13H20N4O5S. The zero-order chi connectivity index (χ0) is 17.2. The van der Waals surface area contributed by atoms with Gasteiger partial charge in [0.25, 0.3) is 5.91 Å². The lowest BCUT2D eigenvalue weighted by atomic mass is 10.1. The van der Waals surface area contributed by atoms with Crippen LogP contribution in [0.4, 0.5) is 0 Å². The Labute approximate surface area is 134 Å². The third kappa shape index (κ3) is 4.08. The van der Waals surface area contributed by atoms with Gasteiger partial charge < -0.3 is 15.2 Å². The maximum atomic E-state index is 12.5. The fraction of sp³-hybridized carbons (Fsp3) is 0.615. The summed E-state index contributed by atoms with van der Waals surface area (Å²) >= 11 is 0. The monoisotopic (exact) mass is 344 g/mol. The highest BCUT2D eigenvalue weighted by Gasteiger charge is 2.33. The maximum absolute atomic E-state index is 12.5. The highest BCUT2D eigenvalue weighted by molar-refractivity contribution is 7.88. The van der Waals surface area contributed by atoms with E-state index in [9.17, 15) is 18.0 Å². The Morgan fingerprint density at radius 2 is 2.09 bits per heavy atom. The van der Waals surface area contributed by atoms with Crippen molar-refractivity contribution in [3.8, 4) is 0 Å². The SMILES string of the molecule is CCc1cc(C(=O)N2CCN(S(C)(=O)=O)C[C@H](C(N)=O)C2)no1. The fourth-order valence-corrected chi connectivity index (χ4v) is 3.26. The summed E-state index contributed by atoms with van der Waals surface area (Å²) in [6, 6.07) is 1.54. The van der Waals surface area contributed by atoms with Crippen LogP contribution < -0.4 is 5.73 Å². The number of primary amides is 1. The lowest BCUT2D eigenvalue weighted by Crippen LogP contribution is -2.41. The van der Waals surface area contributed by atoms with Gasteiger partial charge in [-0.25, -0.2) is 8.42 Å². The van der Waals surface area contributed by atoms with Gasteiger partial charge in [-0.3, -0.25) is 9.59 Å². The minimum Gasteiger partial charge on any atom is -0.369 e. The number of nitrogens with two attached hydrogens (primary N) is 1. The first-order valence-electron chi connectivity index (χ1n) is 7.21. The van der Waals surface area contributed by atoms with Crippen molar-refractivity contribution in [3.63, 3.8) is 0 Å². The molecule has 2 heterocycles. The van der Waals surface area contributed by atoms with Crippen LogP contribution in [0, 0.1) is 5.92 Å². The molecule has 0 unspecified atom stereocenters. The van der Waals surface area contributed by atoms with Gasteiger partial charge in [-0.2, -0.15) is 4.31 Å². The van der Waals surface area contributed by atoms with Gasteiger partial charge in [-0.05, 0) is 0 Å². The van der Waals surface area contributed by atoms with Crippen molar-refractivity contribution in [3.05, 3.63) is 17.5 Å². The lowest BCUT2D eigenvalue weighted by molar-refractivity contribution is -0.122. The normalized spacial score (nSPS) is 20.3. The van der Waals surface area contributed by atoms with Crippen LogP contribution in [-0.2, 0) is 21.2 Å². The molecule has 128 valence electrons. The molecular weight excluding hydrogens is 324 g/mol. The molecule has 1 saturated heterocycles. The molecule has 0 radical (unpaired) electrons. The first-order valence-corrected chi connectivity index (χ1v) is 9.06. The van der Waals surface area contributed by atoms with Crippen molar-refractivity contribution in [2.24, 2.45) is 11.7 Å². The summed E-state index contributed by atoms with van der Waals surface area (Å²) in [7, 11) is -3.48. The zero-order valence-corrected chi connectivity index (χ0v) is 13.9. The Morgan fingerprint density at radius 1 is 1.39 bits per heavy atom. The number of carbonyl (C=O) groups is 2. The highest BCUT2D eigenvalue weighted by Crippen LogP contribution is 2.15. The number of hydrogen-bond donors (Lipinski definition) is 1. The van der Waals surface area contributed by atoms with E-state index in [1.54, 1.807) is 6.07 Å². The number of sulfonamides is 1. The molecule has 9 nitrogen and oxygen atoms in total. The van der Waals surface area contributed by atoms with Crippen molar-refractivity contribution in [2.75, 3.05) is 32.4 Å². The average Bonchev–Trinajstić information content (AvgIpc) is 2.82. The summed E-state index contributed by atoms with van der Waals surface area (Å²) in [5.41, 5.74) is 5.47. The van der Waals surface area contributed by atoms with E-state index in [2.05, 4.69) is 5.16 Å². The third-order valence-electron chi connectivity index (χ3n) is 3.77. The molecule has 1 aliphatic heterocycles. The van der Waals surface area contributed by atoms with Crippen molar-refractivity contribution in [1.29, 1.82) is 0 Å². The quantitative estimate of drug-likeness (QED) is 0.751. The lowest BCUT2D eigenvalue weighted by Gasteiger charge is -2.21. The van der Waals surface area contributed by atoms with Crippen LogP contribution in [0.2, 0.25) is 0 Å². The van der Waals surface area contributed by atoms with Gasteiger partial charge in [-0.15, -0.1) is 0 Å². The summed E-state index contributed by atoms with van der Waals surface area (Å²) < 4.78 is 29.7. The molecule has 1 fully saturated rings. The van der Waals surface area contributed by atoms with Gasteiger partial charge >= 0.3 is 0 Å². The van der Waals surface area contributed by atoms with Crippen molar-refractivity contribution < 1.29 is 22.5 Å². The standard InChI is InChI=1S/C13H20N4O5S/c1-3-10-6-11(15-22-10)13(19)16-4-5-17(23(2,20)21)8-9(7-16)12(14)18/h6,9H,3-5,7-8H2,1-2H3,(H2,14,18)/t9-/m1/s1. The van der Waals surface area contributed by atoms with Gasteiger partial charge in [0.1, 0.15) is 5.76 Å². The van der Waals surface area contributed by atoms with E-state index in [0.29, 0.717) is 12.2 Å². The van der Waals surface area contributed by atoms with E-state index in [1.807, 2.05) is 6.92 Å². The number of hydrogen-bond acceptors (Lipinski definition) is 6. The van der Waals surface area contributed by atoms with Crippen molar-refractivity contribution in [1.82, 2.24) is 14.4 Å². The molecule has 0 bridgehead atoms. The Hall–Kier alpha value is -1.94. The summed E-state index contributed by atoms with van der Waals surface area (Å²) in [6.45, 7) is 2.15. The smallest absolute Gasteiger partial charge is 0.276 e. The summed E-state index contributed by atoms with van der Waals surface area (Å²) in [6.07, 6.45) is 1.67. The minimum atomic E-state index is -3.48. The number of aromatic nitrogens is 1. The number of aryl methyl sites for hydroxylation is 1. The third-order valence-corrected chi connectivity index (χ3v) is 5.04. The Balaban J connectivity index is 2.22. The molecule has 2 rings (SSSR count). The molecule has 1 aliphatic rings. The maximum Gasteiger partial charge on any atom is 0.276 e. The van der Waals surface area contributed by atoms with Gasteiger partial charge in [0, 0.05) is 38.7 Å². The first kappa shape index (κ1) is 17.4. The number of amides is 2. The molecule has 1 aromatic rings. The summed E-state index contributed by atoms with van der Waals surface area (Å²) in [5.74, 6) is -1.25. The molecule has 0 aromatic carbocycles. The molecule has 23 heavy (non-hydrogen) atoms. The zero-order valence-electron chi connectivity index (χ0n) is 13.1. The molecule has 0 aliphatic carbocycles. The molecule has 2 amide bonds. The minimum absolute atomic E-state index is 0.0308. The van der Waals surface area contributed by atoms with E-state index in [4.69, 9.17) is 10.3 Å². The molecule has 10 heteroatoms. The van der Waals surface area contributed by atoms with Crippen LogP contribution in [0.3, 0.4) is 0 Å². The molecule has 1 aromatic heterocycles. The molecule has 2 N–H and O–H groups in total. The van der Waals surface area contributed by atoms with Crippen LogP contribution >= 0.6 is 0 Å². The largest absolute Gasteiger partial charge is 0.369 e. The van der Waals surface area contributed by atoms with Crippen LogP contribution in [0.15, 0.2) is 10.6 Å². The second-order valence-corrected chi connectivity index (χ2v) is 7.49. The summed E-state index contributed by atoms with van der Waals surface area (Å²) in [5, 5.41) is 3.72. The second kappa shape index (κ2) is 6.67. The number of carbonyl (C=O) groups excluding carboxylic acids is 2. The van der Waals surface area contributed by atoms with Gasteiger partial charge in [0.05, 0.1) is 12.2 Å². The molecule has 1 atom stereocenters. The predicted octanol–water partition coefficient (Wildman–Crippen LogP) is -0.944. The first-order chi connectivity index (χ1) is 10.7. The van der Waals surface area contributed by atoms with E-state index < -0.39 is 27.8 Å². The Morgan fingerprint density at radius 3 is 2.61 bits per heavy atom. The van der Waals surface area contributed by atoms with Gasteiger partial charge in [0.15, 0.2) is 5.69 Å². The van der Waals surface area contributed by atoms with E-state index in [0.717, 1.165) is 10.6 Å². The van der Waals surface area contributed by atoms with E-state index in [1.165, 1.54) is 4.90 Å². The van der Waals surface area contributed by atoms with Crippen molar-refractivity contribution >= 4 is 21.8 Å². The average molecular weight is 344 g/mol. The summed E-state index contributed by atoms with van der Waals surface area (Å²) in [4.78, 5) is 25.4. The number of rotatable bonds is 4. The topological polar surface area (TPSA) is 127 Å². The van der Waals surface area contributed by atoms with Crippen molar-refractivity contribution in [2.45, 2.75) is 13.3 Å². The second-order valence-electron chi connectivity index (χ2n) is 5.50. The molecule has 0 saturated carbocycles. The predicted molar refractivity (Wildman–Crippen MR) is 80.9 cm³/mol. The van der Waals surface area contributed by atoms with Crippen LogP contribution in [0.5, 0.6) is 0 Å². The van der Waals surface area contributed by atoms with E-state index >= 15 is 0 Å². The van der Waals surface area contributed by atoms with Gasteiger partial charge in [-0.1, -0.05) is 12.1 Å².